The van der Waals surface area contributed by atoms with E-state index in [0.717, 1.165) is 0 Å². The van der Waals surface area contributed by atoms with E-state index in [1.807, 2.05) is 200 Å². The molecule has 67 heavy (non-hydrogen) atoms. The largest absolute Gasteiger partial charge is 0.0622 e. The van der Waals surface area contributed by atoms with Crippen LogP contribution in [-0.2, 0) is 9.59 Å². The number of hydrogen-bond donors (Lipinski definition) is 0. The SMILES string of the molecule is O=C([O-])C[CH2][Ge]([c]1ccccc1)([c]1ccccc1)[c]1ccccc1.O=C([O-])C[CH2][Ge]([c]1ccccc1)([c]1ccccc1)[c]1ccccc1.[Sb].[c]1ccccc1.[c]1ccccc1.[c]1ccccc1. The third kappa shape index (κ3) is 17.2. The summed E-state index contributed by atoms with van der Waals surface area (Å²) in [6, 6.07) is 99.8. The second-order valence-corrected chi connectivity index (χ2v) is 31.9. The first-order chi connectivity index (χ1) is 32.5. The molecule has 0 atom stereocenters. The first-order valence-corrected chi connectivity index (χ1v) is 31.2. The van der Waals surface area contributed by atoms with E-state index in [4.69, 9.17) is 0 Å². The second kappa shape index (κ2) is 30.9. The number of carbonyl (C=O) groups is 2. The van der Waals surface area contributed by atoms with E-state index in [9.17, 15) is 19.8 Å². The average Bonchev–Trinajstić information content (AvgIpc) is 3.41. The predicted molar refractivity (Wildman–Crippen MR) is 278 cm³/mol. The van der Waals surface area contributed by atoms with Gasteiger partial charge in [0.2, 0.25) is 0 Å². The standard InChI is InChI=1S/2C21H20GeO2.3C6H5.Sb/c2*23-21(24)16-17-22(18-10-4-1-5-11-18,19-12-6-2-7-13-19)20-14-8-3-9-15-20;3*1-2-4-6-5-3-1;/h2*1-15H,16-17H2,(H,23,24);3*1-5H;/p-2. The summed E-state index contributed by atoms with van der Waals surface area (Å²) in [4.78, 5) is 22.5. The molecule has 0 N–H and O–H groups in total. The van der Waals surface area contributed by atoms with Crippen molar-refractivity contribution < 1.29 is 19.8 Å². The molecular weight excluding hydrogens is 1050 g/mol. The zero-order valence-corrected chi connectivity index (χ0v) is 44.1. The average molecular weight is 1110 g/mol. The van der Waals surface area contributed by atoms with Gasteiger partial charge in [0.25, 0.3) is 0 Å². The number of rotatable bonds is 12. The summed E-state index contributed by atoms with van der Waals surface area (Å²) in [5.41, 5.74) is 0. The number of carboxylic acids is 2. The van der Waals surface area contributed by atoms with Crippen LogP contribution < -0.4 is 36.6 Å². The monoisotopic (exact) mass is 1110 g/mol. The smallest absolute Gasteiger partial charge is 0 e. The van der Waals surface area contributed by atoms with Crippen LogP contribution in [0.2, 0.25) is 10.5 Å². The molecule has 0 bridgehead atoms. The molecule has 0 fully saturated rings. The Bertz CT molecular complexity index is 2130. The molecule has 0 aliphatic carbocycles. The van der Waals surface area contributed by atoms with E-state index in [0.29, 0.717) is 10.5 Å². The molecule has 0 heterocycles. The van der Waals surface area contributed by atoms with Gasteiger partial charge in [-0.25, -0.2) is 0 Å². The van der Waals surface area contributed by atoms with Crippen molar-refractivity contribution in [2.24, 2.45) is 0 Å². The number of hydrogen-bond acceptors (Lipinski definition) is 4. The normalized spacial score (nSPS) is 10.1. The Hall–Kier alpha value is -6.18. The maximum absolute atomic E-state index is 11.3. The first kappa shape index (κ1) is 53.4. The van der Waals surface area contributed by atoms with Crippen LogP contribution in [-0.4, -0.2) is 62.9 Å². The van der Waals surface area contributed by atoms with Crippen molar-refractivity contribution >= 4 is 89.3 Å². The van der Waals surface area contributed by atoms with Crippen molar-refractivity contribution in [2.75, 3.05) is 0 Å². The van der Waals surface area contributed by atoms with Crippen LogP contribution >= 0.6 is 0 Å². The Morgan fingerprint density at radius 2 is 0.463 bits per heavy atom. The molecule has 6 radical (unpaired) electrons. The molecule has 9 aromatic carbocycles. The van der Waals surface area contributed by atoms with Crippen molar-refractivity contribution in [3.8, 4) is 0 Å². The van der Waals surface area contributed by atoms with Crippen LogP contribution in [0.3, 0.4) is 0 Å². The Kier molecular flexibility index (Phi) is 24.7. The molecule has 4 nitrogen and oxygen atoms in total. The van der Waals surface area contributed by atoms with Gasteiger partial charge in [-0.05, 0) is 18.2 Å². The fourth-order valence-corrected chi connectivity index (χ4v) is 27.7. The minimum atomic E-state index is -3.07. The fourth-order valence-electron chi connectivity index (χ4n) is 7.81. The summed E-state index contributed by atoms with van der Waals surface area (Å²) >= 11 is -6.14. The fraction of sp³-hybridized carbons (Fsp3) is 0.0667. The van der Waals surface area contributed by atoms with Gasteiger partial charge in [0.15, 0.2) is 0 Å². The van der Waals surface area contributed by atoms with E-state index >= 15 is 0 Å². The van der Waals surface area contributed by atoms with E-state index in [1.165, 1.54) is 26.4 Å². The number of carbonyl (C=O) groups excluding carboxylic acids is 2. The summed E-state index contributed by atoms with van der Waals surface area (Å²) < 4.78 is 7.65. The Balaban J connectivity index is 0.000000211. The maximum Gasteiger partial charge on any atom is 0 e. The third-order valence-electron chi connectivity index (χ3n) is 10.8. The summed E-state index contributed by atoms with van der Waals surface area (Å²) in [7, 11) is 0. The van der Waals surface area contributed by atoms with Crippen molar-refractivity contribution in [2.45, 2.75) is 23.3 Å². The van der Waals surface area contributed by atoms with Gasteiger partial charge in [0.1, 0.15) is 0 Å². The van der Waals surface area contributed by atoms with E-state index in [1.54, 1.807) is 0 Å². The maximum atomic E-state index is 11.3. The van der Waals surface area contributed by atoms with Crippen LogP contribution in [0.25, 0.3) is 0 Å². The van der Waals surface area contributed by atoms with Gasteiger partial charge in [0.05, 0.1) is 0 Å². The molecule has 0 spiro atoms. The first-order valence-electron chi connectivity index (χ1n) is 21.9. The number of aliphatic carboxylic acids is 2. The molecule has 7 heteroatoms. The van der Waals surface area contributed by atoms with Crippen LogP contribution in [0.5, 0.6) is 0 Å². The Morgan fingerprint density at radius 1 is 0.299 bits per heavy atom. The molecular formula is C60H53Ge2O4Sb-2. The van der Waals surface area contributed by atoms with E-state index in [2.05, 4.69) is 91.0 Å². The molecule has 0 saturated heterocycles. The zero-order valence-electron chi connectivity index (χ0n) is 37.4. The van der Waals surface area contributed by atoms with Gasteiger partial charge in [-0.2, -0.15) is 0 Å². The predicted octanol–water partition coefficient (Wildman–Crippen LogP) is 6.67. The number of carboxylic acid groups (broad SMARTS) is 2. The summed E-state index contributed by atoms with van der Waals surface area (Å²) in [6.07, 6.45) is 0.164. The molecule has 0 saturated carbocycles. The van der Waals surface area contributed by atoms with Crippen molar-refractivity contribution in [3.63, 3.8) is 0 Å². The molecule has 0 amide bonds. The minimum Gasteiger partial charge on any atom is -0.0622 e. The van der Waals surface area contributed by atoms with Crippen LogP contribution in [0.4, 0.5) is 0 Å². The minimum absolute atomic E-state index is 0. The van der Waals surface area contributed by atoms with Gasteiger partial charge in [0, 0.05) is 24.4 Å². The summed E-state index contributed by atoms with van der Waals surface area (Å²) in [5, 5.41) is 23.8. The van der Waals surface area contributed by atoms with Crippen LogP contribution in [0.1, 0.15) is 12.8 Å². The van der Waals surface area contributed by atoms with Gasteiger partial charge >= 0.3 is 290 Å². The Morgan fingerprint density at radius 3 is 0.582 bits per heavy atom. The Labute approximate surface area is 420 Å². The molecule has 0 unspecified atom stereocenters. The molecule has 9 rings (SSSR count). The van der Waals surface area contributed by atoms with Gasteiger partial charge in [-0.15, -0.1) is 0 Å². The molecule has 332 valence electrons. The topological polar surface area (TPSA) is 80.3 Å². The van der Waals surface area contributed by atoms with E-state index in [-0.39, 0.29) is 37.3 Å². The zero-order chi connectivity index (χ0) is 46.4. The van der Waals surface area contributed by atoms with Gasteiger partial charge < -0.3 is 0 Å². The van der Waals surface area contributed by atoms with E-state index < -0.39 is 38.5 Å². The number of benzene rings is 9. The molecule has 9 aromatic rings. The third-order valence-corrected chi connectivity index (χ3v) is 31.6. The van der Waals surface area contributed by atoms with Crippen molar-refractivity contribution in [1.29, 1.82) is 0 Å². The molecule has 0 aliphatic rings. The summed E-state index contributed by atoms with van der Waals surface area (Å²) in [6.45, 7) is 0. The quantitative estimate of drug-likeness (QED) is 0.128. The van der Waals surface area contributed by atoms with Crippen LogP contribution in [0.15, 0.2) is 273 Å². The van der Waals surface area contributed by atoms with Gasteiger partial charge in [-0.1, -0.05) is 91.0 Å². The van der Waals surface area contributed by atoms with Gasteiger partial charge in [-0.3, -0.25) is 0 Å². The molecule has 0 aromatic heterocycles. The van der Waals surface area contributed by atoms with Crippen molar-refractivity contribution in [3.05, 3.63) is 291 Å². The molecule has 0 aliphatic heterocycles. The summed E-state index contributed by atoms with van der Waals surface area (Å²) in [5.74, 6) is -1.96. The van der Waals surface area contributed by atoms with Crippen molar-refractivity contribution in [1.82, 2.24) is 0 Å². The second-order valence-electron chi connectivity index (χ2n) is 15.0. The van der Waals surface area contributed by atoms with Crippen LogP contribution in [0, 0.1) is 18.2 Å².